The summed E-state index contributed by atoms with van der Waals surface area (Å²) in [6.07, 6.45) is 4.91. The molecule has 0 aliphatic heterocycles. The van der Waals surface area contributed by atoms with E-state index in [1.54, 1.807) is 18.0 Å². The molecule has 6 heteroatoms. The van der Waals surface area contributed by atoms with E-state index in [0.29, 0.717) is 18.7 Å². The molecular weight excluding hydrogens is 268 g/mol. The summed E-state index contributed by atoms with van der Waals surface area (Å²) in [5.41, 5.74) is 7.44. The molecule has 112 valence electrons. The minimum atomic E-state index is -0.534. The van der Waals surface area contributed by atoms with Crippen molar-refractivity contribution in [3.8, 4) is 5.69 Å². The van der Waals surface area contributed by atoms with Gasteiger partial charge in [0.25, 0.3) is 0 Å². The van der Waals surface area contributed by atoms with Gasteiger partial charge in [-0.3, -0.25) is 4.79 Å². The summed E-state index contributed by atoms with van der Waals surface area (Å²) in [6, 6.07) is 8.77. The Kier molecular flexibility index (Phi) is 5.48. The summed E-state index contributed by atoms with van der Waals surface area (Å²) < 4.78 is 6.68. The molecule has 2 aromatic rings. The van der Waals surface area contributed by atoms with Gasteiger partial charge in [0, 0.05) is 31.8 Å². The Labute approximate surface area is 123 Å². The zero-order valence-electron chi connectivity index (χ0n) is 12.0. The van der Waals surface area contributed by atoms with Crippen molar-refractivity contribution < 1.29 is 9.53 Å². The Balaban J connectivity index is 1.96. The lowest BCUT2D eigenvalue weighted by atomic mass is 10.1. The number of benzene rings is 1. The maximum absolute atomic E-state index is 12.0. The highest BCUT2D eigenvalue weighted by molar-refractivity contribution is 5.94. The van der Waals surface area contributed by atoms with Crippen LogP contribution >= 0.6 is 0 Å². The Morgan fingerprint density at radius 1 is 1.48 bits per heavy atom. The fraction of sp³-hybridized carbons (Fsp3) is 0.333. The summed E-state index contributed by atoms with van der Waals surface area (Å²) in [5, 5.41) is 6.98. The average molecular weight is 288 g/mol. The van der Waals surface area contributed by atoms with E-state index >= 15 is 0 Å². The van der Waals surface area contributed by atoms with Crippen LogP contribution in [0.25, 0.3) is 5.69 Å². The normalized spacial score (nSPS) is 12.1. The van der Waals surface area contributed by atoms with Gasteiger partial charge >= 0.3 is 0 Å². The van der Waals surface area contributed by atoms with Gasteiger partial charge in [-0.05, 0) is 37.1 Å². The number of nitrogens with zero attached hydrogens (tertiary/aromatic N) is 2. The number of hydrogen-bond donors (Lipinski definition) is 2. The second-order valence-electron chi connectivity index (χ2n) is 4.73. The highest BCUT2D eigenvalue weighted by Crippen LogP contribution is 2.14. The van der Waals surface area contributed by atoms with Gasteiger partial charge in [0.2, 0.25) is 5.91 Å². The van der Waals surface area contributed by atoms with Crippen LogP contribution in [-0.4, -0.2) is 35.4 Å². The molecule has 0 radical (unpaired) electrons. The van der Waals surface area contributed by atoms with Crippen molar-refractivity contribution in [2.75, 3.05) is 19.0 Å². The lowest BCUT2D eigenvalue weighted by Gasteiger charge is -2.12. The van der Waals surface area contributed by atoms with Crippen molar-refractivity contribution >= 4 is 11.6 Å². The fourth-order valence-corrected chi connectivity index (χ4v) is 1.96. The van der Waals surface area contributed by atoms with E-state index in [1.165, 1.54) is 0 Å². The molecule has 1 unspecified atom stereocenters. The number of rotatable bonds is 7. The van der Waals surface area contributed by atoms with E-state index in [-0.39, 0.29) is 5.91 Å². The van der Waals surface area contributed by atoms with Crippen LogP contribution in [0.15, 0.2) is 42.7 Å². The molecule has 1 heterocycles. The van der Waals surface area contributed by atoms with Gasteiger partial charge in [0.1, 0.15) is 0 Å². The standard InChI is InChI=1S/C15H20N4O2/c1-21-10-3-7-14(16)15(20)18-12-5-2-6-13(11-12)19-9-4-8-17-19/h2,4-6,8-9,11,14H,3,7,10,16H2,1H3,(H,18,20). The van der Waals surface area contributed by atoms with Crippen molar-refractivity contribution in [1.82, 2.24) is 9.78 Å². The van der Waals surface area contributed by atoms with Crippen LogP contribution in [-0.2, 0) is 9.53 Å². The number of carbonyl (C=O) groups is 1. The highest BCUT2D eigenvalue weighted by Gasteiger charge is 2.13. The molecule has 0 aliphatic rings. The number of hydrogen-bond acceptors (Lipinski definition) is 4. The monoisotopic (exact) mass is 288 g/mol. The Hall–Kier alpha value is -2.18. The van der Waals surface area contributed by atoms with E-state index in [0.717, 1.165) is 12.1 Å². The molecule has 1 aromatic heterocycles. The summed E-state index contributed by atoms with van der Waals surface area (Å²) in [7, 11) is 1.63. The average Bonchev–Trinajstić information content (AvgIpc) is 3.02. The topological polar surface area (TPSA) is 82.2 Å². The predicted molar refractivity (Wildman–Crippen MR) is 81.3 cm³/mol. The van der Waals surface area contributed by atoms with Gasteiger partial charge in [-0.1, -0.05) is 6.07 Å². The van der Waals surface area contributed by atoms with Crippen LogP contribution < -0.4 is 11.1 Å². The first-order valence-electron chi connectivity index (χ1n) is 6.86. The second-order valence-corrected chi connectivity index (χ2v) is 4.73. The van der Waals surface area contributed by atoms with E-state index in [9.17, 15) is 4.79 Å². The first kappa shape index (κ1) is 15.2. The molecule has 2 rings (SSSR count). The predicted octanol–water partition coefficient (Wildman–Crippen LogP) is 1.56. The van der Waals surface area contributed by atoms with Gasteiger partial charge in [0.15, 0.2) is 0 Å². The summed E-state index contributed by atoms with van der Waals surface area (Å²) in [4.78, 5) is 12.0. The molecule has 0 bridgehead atoms. The van der Waals surface area contributed by atoms with Crippen molar-refractivity contribution in [3.05, 3.63) is 42.7 Å². The number of anilines is 1. The third-order valence-electron chi connectivity index (χ3n) is 3.08. The summed E-state index contributed by atoms with van der Waals surface area (Å²) >= 11 is 0. The van der Waals surface area contributed by atoms with Crippen LogP contribution in [0.3, 0.4) is 0 Å². The van der Waals surface area contributed by atoms with Gasteiger partial charge in [0.05, 0.1) is 11.7 Å². The van der Waals surface area contributed by atoms with Crippen LogP contribution in [0.4, 0.5) is 5.69 Å². The number of carbonyl (C=O) groups excluding carboxylic acids is 1. The van der Waals surface area contributed by atoms with Crippen LogP contribution in [0, 0.1) is 0 Å². The zero-order valence-corrected chi connectivity index (χ0v) is 12.0. The third kappa shape index (κ3) is 4.40. The Morgan fingerprint density at radius 2 is 2.33 bits per heavy atom. The molecule has 0 fully saturated rings. The van der Waals surface area contributed by atoms with Gasteiger partial charge in [-0.2, -0.15) is 5.10 Å². The zero-order chi connectivity index (χ0) is 15.1. The first-order chi connectivity index (χ1) is 10.2. The number of nitrogens with one attached hydrogen (secondary N) is 1. The van der Waals surface area contributed by atoms with Crippen molar-refractivity contribution in [2.24, 2.45) is 5.73 Å². The van der Waals surface area contributed by atoms with Crippen molar-refractivity contribution in [2.45, 2.75) is 18.9 Å². The minimum absolute atomic E-state index is 0.191. The van der Waals surface area contributed by atoms with Crippen LogP contribution in [0.1, 0.15) is 12.8 Å². The molecule has 0 aliphatic carbocycles. The summed E-state index contributed by atoms with van der Waals surface area (Å²) in [5.74, 6) is -0.191. The van der Waals surface area contributed by atoms with Gasteiger partial charge < -0.3 is 15.8 Å². The second kappa shape index (κ2) is 7.56. The van der Waals surface area contributed by atoms with E-state index in [4.69, 9.17) is 10.5 Å². The molecule has 1 amide bonds. The number of methoxy groups -OCH3 is 1. The molecule has 0 saturated carbocycles. The smallest absolute Gasteiger partial charge is 0.241 e. The molecule has 1 aromatic carbocycles. The Bertz CT molecular complexity index is 569. The van der Waals surface area contributed by atoms with E-state index in [1.807, 2.05) is 36.5 Å². The molecule has 0 saturated heterocycles. The maximum atomic E-state index is 12.0. The fourth-order valence-electron chi connectivity index (χ4n) is 1.96. The van der Waals surface area contributed by atoms with E-state index in [2.05, 4.69) is 10.4 Å². The quantitative estimate of drug-likeness (QED) is 0.758. The summed E-state index contributed by atoms with van der Waals surface area (Å²) in [6.45, 7) is 0.607. The third-order valence-corrected chi connectivity index (χ3v) is 3.08. The maximum Gasteiger partial charge on any atom is 0.241 e. The lowest BCUT2D eigenvalue weighted by Crippen LogP contribution is -2.35. The number of aromatic nitrogens is 2. The first-order valence-corrected chi connectivity index (χ1v) is 6.86. The Morgan fingerprint density at radius 3 is 3.05 bits per heavy atom. The molecule has 3 N–H and O–H groups in total. The van der Waals surface area contributed by atoms with Crippen molar-refractivity contribution in [1.29, 1.82) is 0 Å². The van der Waals surface area contributed by atoms with Gasteiger partial charge in [-0.15, -0.1) is 0 Å². The highest BCUT2D eigenvalue weighted by atomic mass is 16.5. The van der Waals surface area contributed by atoms with Crippen molar-refractivity contribution in [3.63, 3.8) is 0 Å². The lowest BCUT2D eigenvalue weighted by molar-refractivity contribution is -0.117. The van der Waals surface area contributed by atoms with Gasteiger partial charge in [-0.25, -0.2) is 4.68 Å². The van der Waals surface area contributed by atoms with Crippen LogP contribution in [0.2, 0.25) is 0 Å². The minimum Gasteiger partial charge on any atom is -0.385 e. The SMILES string of the molecule is COCCCC(N)C(=O)Nc1cccc(-n2cccn2)c1. The number of ether oxygens (including phenoxy) is 1. The number of nitrogens with two attached hydrogens (primary N) is 1. The van der Waals surface area contributed by atoms with E-state index < -0.39 is 6.04 Å². The molecule has 1 atom stereocenters. The molecular formula is C15H20N4O2. The molecule has 6 nitrogen and oxygen atoms in total. The number of amides is 1. The molecule has 21 heavy (non-hydrogen) atoms. The molecule has 0 spiro atoms. The largest absolute Gasteiger partial charge is 0.385 e. The van der Waals surface area contributed by atoms with Crippen LogP contribution in [0.5, 0.6) is 0 Å².